The zero-order valence-electron chi connectivity index (χ0n) is 18.7. The summed E-state index contributed by atoms with van der Waals surface area (Å²) < 4.78 is 26.9. The molecule has 4 heterocycles. The van der Waals surface area contributed by atoms with Gasteiger partial charge in [0.2, 0.25) is 5.82 Å². The number of carbonyl (C=O) groups is 2. The van der Waals surface area contributed by atoms with Crippen LogP contribution in [-0.4, -0.2) is 62.2 Å². The van der Waals surface area contributed by atoms with Crippen LogP contribution in [0, 0.1) is 6.92 Å². The van der Waals surface area contributed by atoms with Crippen molar-refractivity contribution in [1.82, 2.24) is 50.4 Å². The van der Waals surface area contributed by atoms with Gasteiger partial charge in [-0.05, 0) is 42.0 Å². The van der Waals surface area contributed by atoms with Gasteiger partial charge in [0.1, 0.15) is 23.3 Å². The van der Waals surface area contributed by atoms with Crippen LogP contribution in [0.3, 0.4) is 0 Å². The summed E-state index contributed by atoms with van der Waals surface area (Å²) in [5.74, 6) is -2.15. The number of aryl methyl sites for hydroxylation is 1. The number of nitrogens with one attached hydrogen (secondary N) is 2. The molecule has 14 nitrogen and oxygen atoms in total. The Labute approximate surface area is 209 Å². The molecular weight excluding hydrogens is 514 g/mol. The molecule has 5 rings (SSSR count). The minimum Gasteiger partial charge on any atom is -0.365 e. The van der Waals surface area contributed by atoms with Crippen LogP contribution in [-0.2, 0) is 6.54 Å². The van der Waals surface area contributed by atoms with E-state index in [0.29, 0.717) is 11.1 Å². The predicted molar refractivity (Wildman–Crippen MR) is 123 cm³/mol. The second-order valence-electron chi connectivity index (χ2n) is 7.67. The number of fused-ring (bicyclic) bond motifs is 1. The topological polar surface area (TPSA) is 188 Å². The van der Waals surface area contributed by atoms with Crippen LogP contribution in [0.5, 0.6) is 0 Å². The first-order valence-electron chi connectivity index (χ1n) is 10.4. The molecule has 1 aromatic carbocycles. The lowest BCUT2D eigenvalue weighted by Gasteiger charge is -2.13. The number of alkyl halides is 2. The Kier molecular flexibility index (Phi) is 6.00. The molecule has 0 aliphatic heterocycles. The minimum atomic E-state index is -2.90. The molecule has 0 bridgehead atoms. The van der Waals surface area contributed by atoms with E-state index >= 15 is 0 Å². The summed E-state index contributed by atoms with van der Waals surface area (Å²) in [4.78, 5) is 30.8. The number of hydrogen-bond donors (Lipinski definition) is 3. The van der Waals surface area contributed by atoms with Gasteiger partial charge in [0.15, 0.2) is 5.82 Å². The third-order valence-electron chi connectivity index (χ3n) is 5.19. The van der Waals surface area contributed by atoms with E-state index in [1.165, 1.54) is 16.9 Å². The molecule has 0 unspecified atom stereocenters. The number of nitrogens with zero attached hydrogens (tertiary/aromatic N) is 9. The van der Waals surface area contributed by atoms with E-state index in [1.54, 1.807) is 25.1 Å². The molecule has 0 fully saturated rings. The third-order valence-corrected chi connectivity index (χ3v) is 5.49. The number of tetrazole rings is 1. The highest BCUT2D eigenvalue weighted by molar-refractivity contribution is 6.32. The van der Waals surface area contributed by atoms with Crippen LogP contribution < -0.4 is 11.1 Å². The number of amides is 2. The van der Waals surface area contributed by atoms with E-state index in [0.717, 1.165) is 4.80 Å². The number of primary amides is 1. The Bertz CT molecular complexity index is 1660. The van der Waals surface area contributed by atoms with E-state index in [-0.39, 0.29) is 45.5 Å². The minimum absolute atomic E-state index is 0.0365. The van der Waals surface area contributed by atoms with Crippen molar-refractivity contribution in [3.8, 4) is 5.82 Å². The second-order valence-corrected chi connectivity index (χ2v) is 8.08. The van der Waals surface area contributed by atoms with E-state index in [4.69, 9.17) is 17.3 Å². The standard InChI is InChI=1S/C20H15ClF2N12O2/c1-8-5-11-15(28-32-27-11)13(17(24)36)14(8)26-20(37)12-6-9(7-34-31-18(16(22)23)29-33-34)30-35(12)19-10(21)3-2-4-25-19/h2-6,16H,7H2,1H3,(H2,24,36)(H,26,37)(H,27,28,32). The first kappa shape index (κ1) is 23.9. The third kappa shape index (κ3) is 4.44. The van der Waals surface area contributed by atoms with Gasteiger partial charge in [0, 0.05) is 6.20 Å². The molecule has 2 amide bonds. The van der Waals surface area contributed by atoms with Crippen LogP contribution >= 0.6 is 11.6 Å². The lowest BCUT2D eigenvalue weighted by atomic mass is 10.0. The quantitative estimate of drug-likeness (QED) is 0.283. The molecule has 0 radical (unpaired) electrons. The lowest BCUT2D eigenvalue weighted by molar-refractivity contribution is 0.100. The number of nitrogens with two attached hydrogens (primary N) is 1. The molecule has 4 N–H and O–H groups in total. The summed E-state index contributed by atoms with van der Waals surface area (Å²) in [5, 5.41) is 28.0. The van der Waals surface area contributed by atoms with E-state index in [2.05, 4.69) is 46.2 Å². The van der Waals surface area contributed by atoms with Crippen molar-refractivity contribution >= 4 is 40.1 Å². The number of rotatable bonds is 7. The van der Waals surface area contributed by atoms with Gasteiger partial charge in [-0.1, -0.05) is 11.6 Å². The van der Waals surface area contributed by atoms with Crippen LogP contribution in [0.4, 0.5) is 14.5 Å². The number of aromatic nitrogens is 10. The maximum atomic E-state index is 13.5. The summed E-state index contributed by atoms with van der Waals surface area (Å²) in [6.45, 7) is 1.47. The molecule has 5 aromatic rings. The van der Waals surface area contributed by atoms with Crippen molar-refractivity contribution < 1.29 is 18.4 Å². The lowest BCUT2D eigenvalue weighted by Crippen LogP contribution is -2.22. The van der Waals surface area contributed by atoms with Gasteiger partial charge in [0.25, 0.3) is 11.8 Å². The molecule has 188 valence electrons. The molecular formula is C20H15ClF2N12O2. The Morgan fingerprint density at radius 2 is 2.05 bits per heavy atom. The van der Waals surface area contributed by atoms with Crippen molar-refractivity contribution in [1.29, 1.82) is 0 Å². The van der Waals surface area contributed by atoms with Gasteiger partial charge < -0.3 is 11.1 Å². The first-order chi connectivity index (χ1) is 17.7. The van der Waals surface area contributed by atoms with Gasteiger partial charge in [-0.3, -0.25) is 9.59 Å². The van der Waals surface area contributed by atoms with Crippen molar-refractivity contribution in [2.24, 2.45) is 5.73 Å². The Hall–Kier alpha value is -4.86. The van der Waals surface area contributed by atoms with E-state index < -0.39 is 24.1 Å². The number of anilines is 1. The molecule has 37 heavy (non-hydrogen) atoms. The maximum absolute atomic E-state index is 13.5. The summed E-state index contributed by atoms with van der Waals surface area (Å²) >= 11 is 6.29. The highest BCUT2D eigenvalue weighted by Gasteiger charge is 2.25. The molecule has 17 heteroatoms. The van der Waals surface area contributed by atoms with Crippen LogP contribution in [0.1, 0.15) is 44.4 Å². The molecule has 0 aliphatic carbocycles. The van der Waals surface area contributed by atoms with Gasteiger partial charge in [0.05, 0.1) is 22.0 Å². The van der Waals surface area contributed by atoms with Gasteiger partial charge in [-0.2, -0.15) is 25.3 Å². The van der Waals surface area contributed by atoms with Crippen LogP contribution in [0.2, 0.25) is 5.02 Å². The summed E-state index contributed by atoms with van der Waals surface area (Å²) in [7, 11) is 0. The van der Waals surface area contributed by atoms with Crippen LogP contribution in [0.15, 0.2) is 30.5 Å². The fourth-order valence-corrected chi connectivity index (χ4v) is 3.82. The number of benzene rings is 1. The number of aromatic amines is 1. The molecule has 0 aliphatic rings. The molecule has 0 spiro atoms. The number of halogens is 3. The largest absolute Gasteiger partial charge is 0.365 e. The fraction of sp³-hybridized carbons (Fsp3) is 0.150. The summed E-state index contributed by atoms with van der Waals surface area (Å²) in [6.07, 6.45) is -1.45. The van der Waals surface area contributed by atoms with Crippen molar-refractivity contribution in [3.63, 3.8) is 0 Å². The number of hydrogen-bond acceptors (Lipinski definition) is 9. The average molecular weight is 529 g/mol. The van der Waals surface area contributed by atoms with Gasteiger partial charge in [-0.25, -0.2) is 18.4 Å². The zero-order chi connectivity index (χ0) is 26.3. The summed E-state index contributed by atoms with van der Waals surface area (Å²) in [5.41, 5.74) is 6.91. The molecule has 4 aromatic heterocycles. The maximum Gasteiger partial charge on any atom is 0.301 e. The predicted octanol–water partition coefficient (Wildman–Crippen LogP) is 1.82. The van der Waals surface area contributed by atoms with Crippen molar-refractivity contribution in [2.45, 2.75) is 19.9 Å². The van der Waals surface area contributed by atoms with E-state index in [1.807, 2.05) is 0 Å². The Balaban J connectivity index is 1.57. The average Bonchev–Trinajstić information content (AvgIpc) is 3.59. The molecule has 0 saturated heterocycles. The SMILES string of the molecule is Cc1cc2n[nH]nc2c(C(N)=O)c1NC(=O)c1cc(Cn2nnc(C(F)F)n2)nn1-c1ncccc1Cl. The van der Waals surface area contributed by atoms with E-state index in [9.17, 15) is 18.4 Å². The first-order valence-corrected chi connectivity index (χ1v) is 10.8. The number of carbonyl (C=O) groups excluding carboxylic acids is 2. The van der Waals surface area contributed by atoms with Crippen molar-refractivity contribution in [3.05, 3.63) is 63.8 Å². The second kappa shape index (κ2) is 9.30. The highest BCUT2D eigenvalue weighted by atomic mass is 35.5. The Morgan fingerprint density at radius 1 is 1.24 bits per heavy atom. The zero-order valence-corrected chi connectivity index (χ0v) is 19.5. The fourth-order valence-electron chi connectivity index (χ4n) is 3.61. The number of pyridine rings is 1. The Morgan fingerprint density at radius 3 is 2.76 bits per heavy atom. The number of H-pyrrole nitrogens is 1. The van der Waals surface area contributed by atoms with Gasteiger partial charge >= 0.3 is 6.43 Å². The molecule has 0 saturated carbocycles. The molecule has 0 atom stereocenters. The summed E-state index contributed by atoms with van der Waals surface area (Å²) in [6, 6.07) is 6.14. The smallest absolute Gasteiger partial charge is 0.301 e. The van der Waals surface area contributed by atoms with Crippen LogP contribution in [0.25, 0.3) is 16.9 Å². The van der Waals surface area contributed by atoms with Crippen molar-refractivity contribution in [2.75, 3.05) is 5.32 Å². The van der Waals surface area contributed by atoms with Gasteiger partial charge in [-0.15, -0.1) is 10.2 Å². The normalized spacial score (nSPS) is 11.4. The monoisotopic (exact) mass is 528 g/mol. The highest BCUT2D eigenvalue weighted by Crippen LogP contribution is 2.28.